The number of rotatable bonds is 4. The third-order valence-electron chi connectivity index (χ3n) is 3.87. The summed E-state index contributed by atoms with van der Waals surface area (Å²) in [5.41, 5.74) is 1.29. The predicted molar refractivity (Wildman–Crippen MR) is 94.6 cm³/mol. The van der Waals surface area contributed by atoms with Crippen LogP contribution in [0.5, 0.6) is 11.5 Å². The molecule has 0 fully saturated rings. The molecule has 0 radical (unpaired) electrons. The maximum absolute atomic E-state index is 12.5. The molecule has 1 atom stereocenters. The van der Waals surface area contributed by atoms with Crippen LogP contribution in [0.15, 0.2) is 36.4 Å². The molecule has 0 saturated heterocycles. The highest BCUT2D eigenvalue weighted by Gasteiger charge is 2.21. The number of carbonyl (C=O) groups excluding carboxylic acids is 1. The molecule has 1 amide bonds. The molecule has 0 aliphatic carbocycles. The van der Waals surface area contributed by atoms with E-state index < -0.39 is 0 Å². The second kappa shape index (κ2) is 7.32. The fraction of sp³-hybridized carbons (Fsp3) is 0.278. The first kappa shape index (κ1) is 16.9. The van der Waals surface area contributed by atoms with Crippen LogP contribution < -0.4 is 14.8 Å². The lowest BCUT2D eigenvalue weighted by molar-refractivity contribution is 0.0940. The minimum absolute atomic E-state index is 0.0214. The zero-order valence-corrected chi connectivity index (χ0v) is 14.7. The van der Waals surface area contributed by atoms with Gasteiger partial charge < -0.3 is 14.8 Å². The van der Waals surface area contributed by atoms with Gasteiger partial charge in [0.05, 0.1) is 5.56 Å². The molecule has 2 aromatic rings. The summed E-state index contributed by atoms with van der Waals surface area (Å²) in [5, 5.41) is 4.10. The Kier molecular flexibility index (Phi) is 5.17. The molecule has 0 spiro atoms. The van der Waals surface area contributed by atoms with E-state index in [1.54, 1.807) is 36.4 Å². The summed E-state index contributed by atoms with van der Waals surface area (Å²) >= 11 is 12.4. The van der Waals surface area contributed by atoms with Gasteiger partial charge in [-0.15, -0.1) is 0 Å². The van der Waals surface area contributed by atoms with Crippen molar-refractivity contribution < 1.29 is 14.3 Å². The van der Waals surface area contributed by atoms with Crippen molar-refractivity contribution in [1.82, 2.24) is 5.32 Å². The summed E-state index contributed by atoms with van der Waals surface area (Å²) in [6.07, 6.45) is 0. The summed E-state index contributed by atoms with van der Waals surface area (Å²) in [5.74, 6) is 0.847. The minimum atomic E-state index is -0.215. The Bertz CT molecular complexity index is 744. The van der Waals surface area contributed by atoms with E-state index in [0.29, 0.717) is 46.9 Å². The average Bonchev–Trinajstić information content (AvgIpc) is 2.59. The van der Waals surface area contributed by atoms with Crippen molar-refractivity contribution in [1.29, 1.82) is 0 Å². The molecule has 1 aliphatic heterocycles. The average molecular weight is 366 g/mol. The van der Waals surface area contributed by atoms with Crippen molar-refractivity contribution in [2.24, 2.45) is 0 Å². The lowest BCUT2D eigenvalue weighted by Crippen LogP contribution is -2.29. The third-order valence-corrected chi connectivity index (χ3v) is 4.53. The van der Waals surface area contributed by atoms with Gasteiger partial charge in [0.1, 0.15) is 13.2 Å². The Hall–Kier alpha value is -1.91. The zero-order chi connectivity index (χ0) is 17.1. The number of hydrogen-bond donors (Lipinski definition) is 1. The van der Waals surface area contributed by atoms with Crippen molar-refractivity contribution in [3.63, 3.8) is 0 Å². The quantitative estimate of drug-likeness (QED) is 0.878. The second-order valence-corrected chi connectivity index (χ2v) is 6.39. The lowest BCUT2D eigenvalue weighted by Gasteiger charge is -2.21. The molecule has 4 nitrogen and oxygen atoms in total. The molecule has 0 bridgehead atoms. The Balaban J connectivity index is 1.72. The van der Waals surface area contributed by atoms with E-state index in [-0.39, 0.29) is 11.8 Å². The van der Waals surface area contributed by atoms with Gasteiger partial charge in [-0.1, -0.05) is 42.3 Å². The largest absolute Gasteiger partial charge is 0.486 e. The Morgan fingerprint density at radius 2 is 1.79 bits per heavy atom. The van der Waals surface area contributed by atoms with Crippen molar-refractivity contribution in [2.45, 2.75) is 12.8 Å². The fourth-order valence-corrected chi connectivity index (χ4v) is 3.45. The van der Waals surface area contributed by atoms with Gasteiger partial charge in [-0.2, -0.15) is 0 Å². The predicted octanol–water partition coefficient (Wildman–Crippen LogP) is 4.30. The van der Waals surface area contributed by atoms with Gasteiger partial charge in [-0.3, -0.25) is 4.79 Å². The highest BCUT2D eigenvalue weighted by molar-refractivity contribution is 6.36. The molecule has 0 saturated carbocycles. The maximum Gasteiger partial charge on any atom is 0.255 e. The number of fused-ring (bicyclic) bond motifs is 1. The van der Waals surface area contributed by atoms with E-state index in [1.165, 1.54) is 0 Å². The van der Waals surface area contributed by atoms with E-state index in [2.05, 4.69) is 5.32 Å². The molecule has 1 aliphatic rings. The number of para-hydroxylation sites is 1. The Labute approximate surface area is 150 Å². The Morgan fingerprint density at radius 1 is 1.12 bits per heavy atom. The number of nitrogens with one attached hydrogen (secondary N) is 1. The van der Waals surface area contributed by atoms with Gasteiger partial charge in [0.15, 0.2) is 11.5 Å². The van der Waals surface area contributed by atoms with Crippen molar-refractivity contribution in [2.75, 3.05) is 19.8 Å². The summed E-state index contributed by atoms with van der Waals surface area (Å²) < 4.78 is 11.1. The van der Waals surface area contributed by atoms with E-state index in [4.69, 9.17) is 32.7 Å². The molecular weight excluding hydrogens is 349 g/mol. The monoisotopic (exact) mass is 365 g/mol. The van der Waals surface area contributed by atoms with Crippen LogP contribution in [0.4, 0.5) is 0 Å². The lowest BCUT2D eigenvalue weighted by atomic mass is 10.0. The van der Waals surface area contributed by atoms with Crippen molar-refractivity contribution in [3.05, 3.63) is 57.6 Å². The van der Waals surface area contributed by atoms with Crippen molar-refractivity contribution in [3.8, 4) is 11.5 Å². The molecule has 3 rings (SSSR count). The fourth-order valence-electron chi connectivity index (χ4n) is 2.68. The number of hydrogen-bond acceptors (Lipinski definition) is 3. The van der Waals surface area contributed by atoms with Crippen molar-refractivity contribution >= 4 is 29.1 Å². The minimum Gasteiger partial charge on any atom is -0.486 e. The van der Waals surface area contributed by atoms with Crippen LogP contribution in [0.25, 0.3) is 0 Å². The van der Waals surface area contributed by atoms with Crippen LogP contribution in [0.2, 0.25) is 10.0 Å². The number of benzene rings is 2. The zero-order valence-electron chi connectivity index (χ0n) is 13.1. The van der Waals surface area contributed by atoms with Gasteiger partial charge in [-0.25, -0.2) is 0 Å². The van der Waals surface area contributed by atoms with Gasteiger partial charge >= 0.3 is 0 Å². The molecule has 1 unspecified atom stereocenters. The van der Waals surface area contributed by atoms with Gasteiger partial charge in [-0.05, 0) is 29.8 Å². The van der Waals surface area contributed by atoms with Crippen LogP contribution in [-0.4, -0.2) is 25.7 Å². The highest BCUT2D eigenvalue weighted by atomic mass is 35.5. The van der Waals surface area contributed by atoms with Gasteiger partial charge in [0, 0.05) is 22.5 Å². The number of ether oxygens (including phenoxy) is 2. The maximum atomic E-state index is 12.5. The number of amides is 1. The Morgan fingerprint density at radius 3 is 2.54 bits per heavy atom. The molecule has 126 valence electrons. The van der Waals surface area contributed by atoms with E-state index in [0.717, 1.165) is 5.56 Å². The van der Waals surface area contributed by atoms with E-state index >= 15 is 0 Å². The van der Waals surface area contributed by atoms with E-state index in [9.17, 15) is 4.79 Å². The van der Waals surface area contributed by atoms with Crippen LogP contribution in [-0.2, 0) is 0 Å². The summed E-state index contributed by atoms with van der Waals surface area (Å²) in [7, 11) is 0. The van der Waals surface area contributed by atoms with Crippen LogP contribution in [0, 0.1) is 0 Å². The highest BCUT2D eigenvalue weighted by Crippen LogP contribution is 2.34. The summed E-state index contributed by atoms with van der Waals surface area (Å²) in [6, 6.07) is 10.7. The SMILES string of the molecule is CC(CNC(=O)c1cccc2c1OCCO2)c1c(Cl)cccc1Cl. The first-order valence-corrected chi connectivity index (χ1v) is 8.44. The van der Waals surface area contributed by atoms with Crippen LogP contribution in [0.3, 0.4) is 0 Å². The molecular formula is C18H17Cl2NO3. The second-order valence-electron chi connectivity index (χ2n) is 5.58. The molecule has 2 aromatic carbocycles. The summed E-state index contributed by atoms with van der Waals surface area (Å²) in [6.45, 7) is 3.29. The molecule has 1 heterocycles. The topological polar surface area (TPSA) is 47.6 Å². The first-order valence-electron chi connectivity index (χ1n) is 7.68. The first-order chi connectivity index (χ1) is 11.6. The third kappa shape index (κ3) is 3.45. The van der Waals surface area contributed by atoms with Gasteiger partial charge in [0.2, 0.25) is 0 Å². The molecule has 1 N–H and O–H groups in total. The molecule has 24 heavy (non-hydrogen) atoms. The normalized spacial score (nSPS) is 14.1. The number of halogens is 2. The molecule has 6 heteroatoms. The van der Waals surface area contributed by atoms with Gasteiger partial charge in [0.25, 0.3) is 5.91 Å². The standard InChI is InChI=1S/C18H17Cl2NO3/c1-11(16-13(19)5-3-6-14(16)20)10-21-18(22)12-4-2-7-15-17(12)24-9-8-23-15/h2-7,11H,8-10H2,1H3,(H,21,22). The number of carbonyl (C=O) groups is 1. The summed E-state index contributed by atoms with van der Waals surface area (Å²) in [4.78, 5) is 12.5. The molecule has 0 aromatic heterocycles. The van der Waals surface area contributed by atoms with Crippen LogP contribution in [0.1, 0.15) is 28.8 Å². The van der Waals surface area contributed by atoms with E-state index in [1.807, 2.05) is 6.92 Å². The smallest absolute Gasteiger partial charge is 0.255 e. The van der Waals surface area contributed by atoms with Crippen LogP contribution >= 0.6 is 23.2 Å².